The highest BCUT2D eigenvalue weighted by atomic mass is 16.5. The van der Waals surface area contributed by atoms with Crippen molar-refractivity contribution in [1.29, 1.82) is 0 Å². The van der Waals surface area contributed by atoms with Crippen molar-refractivity contribution in [2.75, 3.05) is 31.6 Å². The van der Waals surface area contributed by atoms with Crippen molar-refractivity contribution in [3.63, 3.8) is 0 Å². The zero-order valence-corrected chi connectivity index (χ0v) is 13.3. The van der Waals surface area contributed by atoms with Crippen molar-refractivity contribution < 1.29 is 9.53 Å². The fourth-order valence-corrected chi connectivity index (χ4v) is 2.93. The van der Waals surface area contributed by atoms with Crippen LogP contribution in [-0.2, 0) is 9.53 Å². The van der Waals surface area contributed by atoms with Crippen LogP contribution in [0.2, 0.25) is 0 Å². The average molecular weight is 290 g/mol. The summed E-state index contributed by atoms with van der Waals surface area (Å²) in [4.78, 5) is 16.6. The van der Waals surface area contributed by atoms with Gasteiger partial charge in [0, 0.05) is 38.5 Å². The Kier molecular flexibility index (Phi) is 5.62. The lowest BCUT2D eigenvalue weighted by Gasteiger charge is -2.39. The molecule has 1 aliphatic heterocycles. The fraction of sp³-hybridized carbons (Fsp3) is 0.588. The van der Waals surface area contributed by atoms with E-state index in [2.05, 4.69) is 29.2 Å². The van der Waals surface area contributed by atoms with Crippen molar-refractivity contribution in [2.45, 2.75) is 38.8 Å². The Morgan fingerprint density at radius 3 is 2.81 bits per heavy atom. The molecule has 0 saturated carbocycles. The van der Waals surface area contributed by atoms with Crippen LogP contribution < -0.4 is 4.90 Å². The molecule has 116 valence electrons. The molecule has 1 aliphatic rings. The predicted octanol–water partition coefficient (Wildman–Crippen LogP) is 2.54. The summed E-state index contributed by atoms with van der Waals surface area (Å²) in [7, 11) is 1.90. The van der Waals surface area contributed by atoms with Crippen molar-refractivity contribution in [2.24, 2.45) is 0 Å². The zero-order valence-electron chi connectivity index (χ0n) is 13.3. The number of ether oxygens (including phenoxy) is 1. The third kappa shape index (κ3) is 3.97. The zero-order chi connectivity index (χ0) is 15.2. The van der Waals surface area contributed by atoms with Gasteiger partial charge >= 0.3 is 0 Å². The predicted molar refractivity (Wildman–Crippen MR) is 85.5 cm³/mol. The maximum Gasteiger partial charge on any atom is 0.251 e. The Bertz CT molecular complexity index is 449. The van der Waals surface area contributed by atoms with E-state index >= 15 is 0 Å². The van der Waals surface area contributed by atoms with Gasteiger partial charge < -0.3 is 14.5 Å². The van der Waals surface area contributed by atoms with Crippen molar-refractivity contribution in [3.05, 3.63) is 30.3 Å². The van der Waals surface area contributed by atoms with Crippen LogP contribution in [0, 0.1) is 0 Å². The first-order valence-corrected chi connectivity index (χ1v) is 7.81. The normalized spacial score (nSPS) is 20.1. The van der Waals surface area contributed by atoms with E-state index < -0.39 is 0 Å². The highest BCUT2D eigenvalue weighted by molar-refractivity contribution is 5.80. The van der Waals surface area contributed by atoms with E-state index in [1.54, 1.807) is 0 Å². The Hall–Kier alpha value is -1.55. The van der Waals surface area contributed by atoms with E-state index in [0.29, 0.717) is 6.61 Å². The molecule has 1 saturated heterocycles. The number of likely N-dealkylation sites (N-methyl/N-ethyl adjacent to an activating group) is 1. The van der Waals surface area contributed by atoms with E-state index in [1.807, 2.05) is 31.9 Å². The summed E-state index contributed by atoms with van der Waals surface area (Å²) in [5, 5.41) is 0. The first-order valence-electron chi connectivity index (χ1n) is 7.81. The first-order chi connectivity index (χ1) is 10.1. The summed E-state index contributed by atoms with van der Waals surface area (Å²) >= 11 is 0. The lowest BCUT2D eigenvalue weighted by Crippen LogP contribution is -2.51. The van der Waals surface area contributed by atoms with Gasteiger partial charge in [-0.15, -0.1) is 0 Å². The smallest absolute Gasteiger partial charge is 0.251 e. The van der Waals surface area contributed by atoms with E-state index in [1.165, 1.54) is 5.69 Å². The van der Waals surface area contributed by atoms with Gasteiger partial charge in [0.1, 0.15) is 6.10 Å². The molecule has 0 aromatic heterocycles. The fourth-order valence-electron chi connectivity index (χ4n) is 2.93. The van der Waals surface area contributed by atoms with E-state index in [-0.39, 0.29) is 18.1 Å². The number of hydrogen-bond donors (Lipinski definition) is 0. The van der Waals surface area contributed by atoms with Crippen molar-refractivity contribution in [3.8, 4) is 0 Å². The number of hydrogen-bond acceptors (Lipinski definition) is 3. The maximum absolute atomic E-state index is 12.4. The van der Waals surface area contributed by atoms with Gasteiger partial charge in [0.15, 0.2) is 0 Å². The van der Waals surface area contributed by atoms with Crippen molar-refractivity contribution >= 4 is 11.6 Å². The van der Waals surface area contributed by atoms with Crippen LogP contribution in [0.1, 0.15) is 26.7 Å². The standard InChI is InChI=1S/C17H26N2O2/c1-4-21-14(2)17(20)18(3)16-11-8-12-19(13-16)15-9-6-5-7-10-15/h5-7,9-10,14,16H,4,8,11-13H2,1-3H3/t14-,16+/m0/s1. The number of anilines is 1. The molecule has 1 amide bonds. The third-order valence-electron chi connectivity index (χ3n) is 4.18. The quantitative estimate of drug-likeness (QED) is 0.835. The van der Waals surface area contributed by atoms with Crippen LogP contribution in [0.3, 0.4) is 0 Å². The van der Waals surface area contributed by atoms with E-state index in [9.17, 15) is 4.79 Å². The minimum absolute atomic E-state index is 0.0803. The van der Waals surface area contributed by atoms with Gasteiger partial charge in [-0.25, -0.2) is 0 Å². The van der Waals surface area contributed by atoms with Crippen molar-refractivity contribution in [1.82, 2.24) is 4.90 Å². The summed E-state index contributed by atoms with van der Waals surface area (Å²) in [5.41, 5.74) is 1.24. The van der Waals surface area contributed by atoms with Crippen LogP contribution in [0.25, 0.3) is 0 Å². The third-order valence-corrected chi connectivity index (χ3v) is 4.18. The summed E-state index contributed by atoms with van der Waals surface area (Å²) < 4.78 is 5.42. The molecule has 2 atom stereocenters. The van der Waals surface area contributed by atoms with Gasteiger partial charge in [0.05, 0.1) is 0 Å². The second-order valence-corrected chi connectivity index (χ2v) is 5.62. The summed E-state index contributed by atoms with van der Waals surface area (Å²) in [6.45, 7) is 6.28. The van der Waals surface area contributed by atoms with Crippen LogP contribution in [0.5, 0.6) is 0 Å². The van der Waals surface area contributed by atoms with Gasteiger partial charge in [-0.1, -0.05) is 18.2 Å². The summed E-state index contributed by atoms with van der Waals surface area (Å²) in [5.74, 6) is 0.0803. The number of para-hydroxylation sites is 1. The van der Waals surface area contributed by atoms with Gasteiger partial charge in [0.2, 0.25) is 0 Å². The minimum Gasteiger partial charge on any atom is -0.369 e. The molecule has 1 fully saturated rings. The van der Waals surface area contributed by atoms with Crippen LogP contribution in [0.4, 0.5) is 5.69 Å². The largest absolute Gasteiger partial charge is 0.369 e. The lowest BCUT2D eigenvalue weighted by atomic mass is 10.0. The molecule has 1 aromatic rings. The molecular weight excluding hydrogens is 264 g/mol. The number of carbonyl (C=O) groups excluding carboxylic acids is 1. The molecule has 0 unspecified atom stereocenters. The number of nitrogens with zero attached hydrogens (tertiary/aromatic N) is 2. The van der Waals surface area contributed by atoms with Crippen LogP contribution in [-0.4, -0.2) is 49.7 Å². The Labute approximate surface area is 127 Å². The van der Waals surface area contributed by atoms with Crippen LogP contribution in [0.15, 0.2) is 30.3 Å². The Morgan fingerprint density at radius 2 is 2.14 bits per heavy atom. The average Bonchev–Trinajstić information content (AvgIpc) is 2.54. The second-order valence-electron chi connectivity index (χ2n) is 5.62. The SMILES string of the molecule is CCO[C@@H](C)C(=O)N(C)[C@@H]1CCCN(c2ccccc2)C1. The summed E-state index contributed by atoms with van der Waals surface area (Å²) in [6.07, 6.45) is 1.82. The topological polar surface area (TPSA) is 32.8 Å². The van der Waals surface area contributed by atoms with Gasteiger partial charge in [0.25, 0.3) is 5.91 Å². The molecule has 0 aliphatic carbocycles. The molecule has 0 radical (unpaired) electrons. The monoisotopic (exact) mass is 290 g/mol. The first kappa shape index (κ1) is 15.8. The molecule has 1 heterocycles. The minimum atomic E-state index is -0.355. The Morgan fingerprint density at radius 1 is 1.43 bits per heavy atom. The Balaban J connectivity index is 1.99. The second kappa shape index (κ2) is 7.46. The number of amides is 1. The molecule has 4 heteroatoms. The number of benzene rings is 1. The molecule has 0 N–H and O–H groups in total. The lowest BCUT2D eigenvalue weighted by molar-refractivity contribution is -0.143. The van der Waals surface area contributed by atoms with E-state index in [0.717, 1.165) is 25.9 Å². The van der Waals surface area contributed by atoms with Gasteiger partial charge in [-0.2, -0.15) is 0 Å². The number of rotatable bonds is 5. The maximum atomic E-state index is 12.4. The van der Waals surface area contributed by atoms with Gasteiger partial charge in [-0.3, -0.25) is 4.79 Å². The summed E-state index contributed by atoms with van der Waals surface area (Å²) in [6, 6.07) is 10.7. The highest BCUT2D eigenvalue weighted by Crippen LogP contribution is 2.22. The van der Waals surface area contributed by atoms with Crippen LogP contribution >= 0.6 is 0 Å². The molecule has 0 bridgehead atoms. The number of piperidine rings is 1. The highest BCUT2D eigenvalue weighted by Gasteiger charge is 2.28. The molecule has 2 rings (SSSR count). The molecule has 21 heavy (non-hydrogen) atoms. The number of carbonyl (C=O) groups is 1. The van der Waals surface area contributed by atoms with Gasteiger partial charge in [-0.05, 0) is 38.8 Å². The van der Waals surface area contributed by atoms with E-state index in [4.69, 9.17) is 4.74 Å². The molecule has 4 nitrogen and oxygen atoms in total. The molecule has 0 spiro atoms. The molecule has 1 aromatic carbocycles. The molecular formula is C17H26N2O2.